The summed E-state index contributed by atoms with van der Waals surface area (Å²) in [6, 6.07) is 4.87. The molecular weight excluding hydrogens is 426 g/mol. The number of hydrogen-bond donors (Lipinski definition) is 0. The Morgan fingerprint density at radius 3 is 2.58 bits per heavy atom. The lowest BCUT2D eigenvalue weighted by molar-refractivity contribution is 0.0180. The van der Waals surface area contributed by atoms with Gasteiger partial charge >= 0.3 is 12.1 Å². The third kappa shape index (κ3) is 6.87. The van der Waals surface area contributed by atoms with Gasteiger partial charge in [0.1, 0.15) is 17.0 Å². The van der Waals surface area contributed by atoms with E-state index >= 15 is 0 Å². The second-order valence-electron chi connectivity index (χ2n) is 9.16. The third-order valence-corrected chi connectivity index (χ3v) is 5.42. The molecule has 1 aliphatic rings. The molecular formula is C24H31N3O6. The lowest BCUT2D eigenvalue weighted by Crippen LogP contribution is -2.41. The van der Waals surface area contributed by atoms with E-state index in [-0.39, 0.29) is 23.5 Å². The van der Waals surface area contributed by atoms with Crippen LogP contribution in [-0.4, -0.2) is 58.5 Å². The lowest BCUT2D eigenvalue weighted by Gasteiger charge is -2.33. The minimum atomic E-state index is -0.551. The molecule has 1 saturated heterocycles. The highest BCUT2D eigenvalue weighted by Gasteiger charge is 2.27. The van der Waals surface area contributed by atoms with Crippen molar-refractivity contribution in [2.24, 2.45) is 5.92 Å². The maximum absolute atomic E-state index is 12.5. The predicted octanol–water partition coefficient (Wildman–Crippen LogP) is 4.52. The van der Waals surface area contributed by atoms with Crippen LogP contribution >= 0.6 is 0 Å². The number of hydrogen-bond acceptors (Lipinski definition) is 8. The molecule has 9 heteroatoms. The van der Waals surface area contributed by atoms with E-state index < -0.39 is 11.6 Å². The molecule has 0 aliphatic carbocycles. The molecule has 0 saturated carbocycles. The molecule has 178 valence electrons. The summed E-state index contributed by atoms with van der Waals surface area (Å²) in [5.74, 6) is 0.108. The summed E-state index contributed by atoms with van der Waals surface area (Å²) >= 11 is 0. The van der Waals surface area contributed by atoms with E-state index in [4.69, 9.17) is 9.15 Å². The summed E-state index contributed by atoms with van der Waals surface area (Å²) in [5, 5.41) is 0. The Balaban J connectivity index is 1.45. The van der Waals surface area contributed by atoms with Crippen molar-refractivity contribution >= 4 is 17.8 Å². The second kappa shape index (κ2) is 10.6. The van der Waals surface area contributed by atoms with Gasteiger partial charge in [0.15, 0.2) is 5.76 Å². The number of likely N-dealkylation sites (tertiary alicyclic amines) is 1. The molecule has 2 aromatic rings. The van der Waals surface area contributed by atoms with Gasteiger partial charge in [-0.3, -0.25) is 4.79 Å². The van der Waals surface area contributed by atoms with Crippen LogP contribution in [0.1, 0.15) is 74.0 Å². The van der Waals surface area contributed by atoms with E-state index in [2.05, 4.69) is 14.7 Å². The molecule has 0 spiro atoms. The van der Waals surface area contributed by atoms with Gasteiger partial charge in [0.25, 0.3) is 5.89 Å². The van der Waals surface area contributed by atoms with Crippen LogP contribution in [0, 0.1) is 5.92 Å². The van der Waals surface area contributed by atoms with Crippen LogP contribution in [0.3, 0.4) is 0 Å². The Morgan fingerprint density at radius 2 is 1.91 bits per heavy atom. The second-order valence-corrected chi connectivity index (χ2v) is 9.16. The molecule has 0 radical (unpaired) electrons. The van der Waals surface area contributed by atoms with Crippen LogP contribution in [0.5, 0.6) is 0 Å². The first-order valence-electron chi connectivity index (χ1n) is 11.2. The van der Waals surface area contributed by atoms with Gasteiger partial charge in [0.05, 0.1) is 13.3 Å². The van der Waals surface area contributed by atoms with Gasteiger partial charge in [-0.05, 0) is 64.5 Å². The average molecular weight is 458 g/mol. The van der Waals surface area contributed by atoms with Crippen molar-refractivity contribution in [2.45, 2.75) is 58.5 Å². The third-order valence-electron chi connectivity index (χ3n) is 5.42. The number of nitrogens with zero attached hydrogens (tertiary/aromatic N) is 3. The largest absolute Gasteiger partial charge is 0.464 e. The fourth-order valence-electron chi connectivity index (χ4n) is 3.70. The maximum atomic E-state index is 12.5. The topological polar surface area (TPSA) is 112 Å². The number of oxazole rings is 1. The summed E-state index contributed by atoms with van der Waals surface area (Å²) in [6.45, 7) is 6.94. The number of esters is 1. The number of aromatic nitrogens is 2. The highest BCUT2D eigenvalue weighted by molar-refractivity contribution is 5.92. The van der Waals surface area contributed by atoms with Crippen LogP contribution in [0.25, 0.3) is 11.5 Å². The van der Waals surface area contributed by atoms with E-state index in [9.17, 15) is 14.4 Å². The minimum Gasteiger partial charge on any atom is -0.464 e. The van der Waals surface area contributed by atoms with Gasteiger partial charge in [-0.2, -0.15) is 0 Å². The summed E-state index contributed by atoms with van der Waals surface area (Å²) in [6.07, 6.45) is 4.94. The van der Waals surface area contributed by atoms with Gasteiger partial charge < -0.3 is 18.8 Å². The first-order chi connectivity index (χ1) is 15.7. The number of amides is 1. The smallest absolute Gasteiger partial charge is 0.410 e. The highest BCUT2D eigenvalue weighted by atomic mass is 16.6. The first kappa shape index (κ1) is 24.4. The number of carbonyl (C=O) groups excluding carboxylic acids is 3. The SMILES string of the molecule is COC(=O)c1cccc(-c2cnc(C(=O)CCCC3CCN(C(=O)OC(C)(C)C)CC3)o2)n1. The van der Waals surface area contributed by atoms with Crippen LogP contribution < -0.4 is 0 Å². The molecule has 0 atom stereocenters. The molecule has 0 unspecified atom stereocenters. The molecule has 1 fully saturated rings. The molecule has 2 aromatic heterocycles. The fourth-order valence-corrected chi connectivity index (χ4v) is 3.70. The molecule has 3 rings (SSSR count). The number of methoxy groups -OCH3 is 1. The minimum absolute atomic E-state index is 0.0371. The Hall–Kier alpha value is -3.23. The fraction of sp³-hybridized carbons (Fsp3) is 0.542. The maximum Gasteiger partial charge on any atom is 0.410 e. The first-order valence-corrected chi connectivity index (χ1v) is 11.2. The normalized spacial score (nSPS) is 14.7. The van der Waals surface area contributed by atoms with Crippen molar-refractivity contribution in [1.82, 2.24) is 14.9 Å². The van der Waals surface area contributed by atoms with Gasteiger partial charge in [0, 0.05) is 19.5 Å². The van der Waals surface area contributed by atoms with Crippen molar-refractivity contribution in [3.8, 4) is 11.5 Å². The molecule has 3 heterocycles. The van der Waals surface area contributed by atoms with E-state index in [1.54, 1.807) is 17.0 Å². The van der Waals surface area contributed by atoms with Crippen molar-refractivity contribution in [1.29, 1.82) is 0 Å². The number of Topliss-reactive ketones (excluding diaryl/α,β-unsaturated/α-hetero) is 1. The van der Waals surface area contributed by atoms with E-state index in [1.165, 1.54) is 19.4 Å². The van der Waals surface area contributed by atoms with Crippen LogP contribution in [0.4, 0.5) is 4.79 Å². The van der Waals surface area contributed by atoms with E-state index in [0.717, 1.165) is 25.7 Å². The molecule has 1 amide bonds. The Morgan fingerprint density at radius 1 is 1.18 bits per heavy atom. The molecule has 0 N–H and O–H groups in total. The number of ketones is 1. The molecule has 33 heavy (non-hydrogen) atoms. The van der Waals surface area contributed by atoms with E-state index in [1.807, 2.05) is 20.8 Å². The molecule has 0 aromatic carbocycles. The highest BCUT2D eigenvalue weighted by Crippen LogP contribution is 2.25. The number of piperidine rings is 1. The van der Waals surface area contributed by atoms with Crippen LogP contribution in [0.2, 0.25) is 0 Å². The van der Waals surface area contributed by atoms with Crippen molar-refractivity contribution in [3.63, 3.8) is 0 Å². The molecule has 1 aliphatic heterocycles. The molecule has 0 bridgehead atoms. The van der Waals surface area contributed by atoms with Gasteiger partial charge in [-0.15, -0.1) is 0 Å². The zero-order valence-electron chi connectivity index (χ0n) is 19.6. The monoisotopic (exact) mass is 457 g/mol. The number of ether oxygens (including phenoxy) is 2. The summed E-state index contributed by atoms with van der Waals surface area (Å²) in [5.41, 5.74) is 0.0621. The van der Waals surface area contributed by atoms with Gasteiger partial charge in [-0.25, -0.2) is 19.6 Å². The Labute approximate surface area is 193 Å². The zero-order valence-corrected chi connectivity index (χ0v) is 19.6. The summed E-state index contributed by atoms with van der Waals surface area (Å²) in [7, 11) is 1.28. The Bertz CT molecular complexity index is 986. The predicted molar refractivity (Wildman–Crippen MR) is 120 cm³/mol. The number of rotatable bonds is 7. The average Bonchev–Trinajstić information content (AvgIpc) is 3.28. The number of carbonyl (C=O) groups is 3. The van der Waals surface area contributed by atoms with E-state index in [0.29, 0.717) is 36.9 Å². The van der Waals surface area contributed by atoms with Crippen molar-refractivity contribution in [2.75, 3.05) is 20.2 Å². The standard InChI is InChI=1S/C24H31N3O6/c1-24(2,3)33-23(30)27-13-11-16(12-14-27)7-5-10-19(28)21-25-15-20(32-21)17-8-6-9-18(26-17)22(29)31-4/h6,8-9,15-16H,5,7,10-14H2,1-4H3. The number of pyridine rings is 1. The van der Waals surface area contributed by atoms with Gasteiger partial charge in [-0.1, -0.05) is 6.07 Å². The molecule has 9 nitrogen and oxygen atoms in total. The quantitative estimate of drug-likeness (QED) is 0.440. The summed E-state index contributed by atoms with van der Waals surface area (Å²) in [4.78, 5) is 46.4. The van der Waals surface area contributed by atoms with Crippen molar-refractivity contribution < 1.29 is 28.3 Å². The van der Waals surface area contributed by atoms with Crippen molar-refractivity contribution in [3.05, 3.63) is 36.0 Å². The van der Waals surface area contributed by atoms with Crippen LogP contribution in [0.15, 0.2) is 28.8 Å². The van der Waals surface area contributed by atoms with Gasteiger partial charge in [0.2, 0.25) is 5.78 Å². The lowest BCUT2D eigenvalue weighted by atomic mass is 9.91. The summed E-state index contributed by atoms with van der Waals surface area (Å²) < 4.78 is 15.7. The van der Waals surface area contributed by atoms with Crippen LogP contribution in [-0.2, 0) is 9.47 Å². The Kier molecular flexibility index (Phi) is 7.84. The zero-order chi connectivity index (χ0) is 24.0.